The van der Waals surface area contributed by atoms with Crippen LogP contribution in [0.25, 0.3) is 5.76 Å². The molecule has 3 heterocycles. The number of aliphatic hydroxyl groups excluding tert-OH is 1. The highest BCUT2D eigenvalue weighted by Crippen LogP contribution is 2.43. The minimum atomic E-state index is -0.691. The number of nitrogens with zero attached hydrogens (tertiary/aromatic N) is 2. The molecule has 7 heteroatoms. The van der Waals surface area contributed by atoms with E-state index in [4.69, 9.17) is 4.74 Å². The Labute approximate surface area is 190 Å². The minimum absolute atomic E-state index is 0.0945. The first-order chi connectivity index (χ1) is 15.5. The molecular weight excluding hydrogens is 424 g/mol. The largest absolute Gasteiger partial charge is 0.507 e. The molecule has 1 atom stereocenters. The monoisotopic (exact) mass is 448 g/mol. The van der Waals surface area contributed by atoms with Crippen molar-refractivity contribution in [2.75, 3.05) is 6.61 Å². The number of ether oxygens (including phenoxy) is 1. The summed E-state index contributed by atoms with van der Waals surface area (Å²) < 4.78 is 5.67. The summed E-state index contributed by atoms with van der Waals surface area (Å²) in [6, 6.07) is 11.9. The number of Topliss-reactive ketones (excluding diaryl/α,β-unsaturated/α-hetero) is 1. The average Bonchev–Trinajstić information content (AvgIpc) is 3.34. The van der Waals surface area contributed by atoms with Gasteiger partial charge in [-0.1, -0.05) is 25.1 Å². The van der Waals surface area contributed by atoms with E-state index in [1.165, 1.54) is 16.2 Å². The van der Waals surface area contributed by atoms with Gasteiger partial charge in [0.25, 0.3) is 11.7 Å². The lowest BCUT2D eigenvalue weighted by Gasteiger charge is -2.25. The number of aryl methyl sites for hydroxylation is 1. The zero-order valence-electron chi connectivity index (χ0n) is 17.9. The SMILES string of the molecule is CCCOc1cccc(/C(O)=C2/C(=O)C(=O)N(Cc3cccnc3)C2c2sccc2C)c1. The highest BCUT2D eigenvalue weighted by Gasteiger charge is 2.47. The zero-order chi connectivity index (χ0) is 22.7. The Morgan fingerprint density at radius 1 is 1.22 bits per heavy atom. The Hall–Kier alpha value is -3.45. The molecule has 3 aromatic rings. The molecule has 164 valence electrons. The van der Waals surface area contributed by atoms with Crippen LogP contribution < -0.4 is 4.74 Å². The Balaban J connectivity index is 1.81. The molecule has 1 aliphatic rings. The van der Waals surface area contributed by atoms with Crippen LogP contribution in [0.5, 0.6) is 5.75 Å². The van der Waals surface area contributed by atoms with Gasteiger partial charge in [0.2, 0.25) is 0 Å². The standard InChI is InChI=1S/C25H24N2O4S/c1-3-11-31-19-8-4-7-18(13-19)22(28)20-21(24-16(2)9-12-32-24)27(25(30)23(20)29)15-17-6-5-10-26-14-17/h4-10,12-14,21,28H,3,11,15H2,1-2H3/b22-20-. The first-order valence-electron chi connectivity index (χ1n) is 10.5. The van der Waals surface area contributed by atoms with Gasteiger partial charge in [-0.2, -0.15) is 0 Å². The van der Waals surface area contributed by atoms with Crippen LogP contribution in [0.3, 0.4) is 0 Å². The van der Waals surface area contributed by atoms with Crippen molar-refractivity contribution < 1.29 is 19.4 Å². The molecule has 0 spiro atoms. The Morgan fingerprint density at radius 2 is 2.06 bits per heavy atom. The van der Waals surface area contributed by atoms with E-state index in [0.29, 0.717) is 17.9 Å². The van der Waals surface area contributed by atoms with Gasteiger partial charge >= 0.3 is 0 Å². The molecule has 0 aliphatic carbocycles. The number of rotatable bonds is 7. The fraction of sp³-hybridized carbons (Fsp3) is 0.240. The van der Waals surface area contributed by atoms with E-state index in [1.54, 1.807) is 42.7 Å². The Morgan fingerprint density at radius 3 is 2.75 bits per heavy atom. The van der Waals surface area contributed by atoms with E-state index >= 15 is 0 Å². The number of benzene rings is 1. The predicted octanol–water partition coefficient (Wildman–Crippen LogP) is 4.86. The van der Waals surface area contributed by atoms with Crippen LogP contribution in [0.1, 0.15) is 41.0 Å². The van der Waals surface area contributed by atoms with Crippen molar-refractivity contribution in [3.63, 3.8) is 0 Å². The van der Waals surface area contributed by atoms with E-state index in [0.717, 1.165) is 22.4 Å². The molecule has 0 radical (unpaired) electrons. The number of ketones is 1. The molecule has 4 rings (SSSR count). The quantitative estimate of drug-likeness (QED) is 0.317. The van der Waals surface area contributed by atoms with Crippen LogP contribution in [-0.2, 0) is 16.1 Å². The van der Waals surface area contributed by atoms with Crippen molar-refractivity contribution in [3.05, 3.63) is 87.4 Å². The molecule has 1 fully saturated rings. The molecule has 6 nitrogen and oxygen atoms in total. The van der Waals surface area contributed by atoms with Crippen LogP contribution in [0, 0.1) is 6.92 Å². The summed E-state index contributed by atoms with van der Waals surface area (Å²) in [6.45, 7) is 4.72. The summed E-state index contributed by atoms with van der Waals surface area (Å²) in [5, 5.41) is 13.1. The topological polar surface area (TPSA) is 79.7 Å². The maximum atomic E-state index is 13.1. The second-order valence-electron chi connectivity index (χ2n) is 7.63. The summed E-state index contributed by atoms with van der Waals surface area (Å²) in [4.78, 5) is 32.7. The maximum absolute atomic E-state index is 13.1. The van der Waals surface area contributed by atoms with Crippen LogP contribution in [0.15, 0.2) is 65.8 Å². The van der Waals surface area contributed by atoms with E-state index in [1.807, 2.05) is 31.4 Å². The second kappa shape index (κ2) is 9.36. The van der Waals surface area contributed by atoms with Crippen molar-refractivity contribution in [2.24, 2.45) is 0 Å². The van der Waals surface area contributed by atoms with Crippen molar-refractivity contribution in [1.82, 2.24) is 9.88 Å². The van der Waals surface area contributed by atoms with Crippen molar-refractivity contribution in [1.29, 1.82) is 0 Å². The smallest absolute Gasteiger partial charge is 0.295 e. The highest BCUT2D eigenvalue weighted by atomic mass is 32.1. The summed E-state index contributed by atoms with van der Waals surface area (Å²) in [7, 11) is 0. The minimum Gasteiger partial charge on any atom is -0.507 e. The summed E-state index contributed by atoms with van der Waals surface area (Å²) in [5.41, 5.74) is 2.31. The lowest BCUT2D eigenvalue weighted by Crippen LogP contribution is -2.29. The first-order valence-corrected chi connectivity index (χ1v) is 11.3. The Kier molecular flexibility index (Phi) is 6.37. The fourth-order valence-corrected chi connectivity index (χ4v) is 4.82. The van der Waals surface area contributed by atoms with E-state index in [-0.39, 0.29) is 17.9 Å². The number of aliphatic hydroxyl groups is 1. The number of carbonyl (C=O) groups is 2. The lowest BCUT2D eigenvalue weighted by atomic mass is 9.98. The Bertz CT molecular complexity index is 1170. The van der Waals surface area contributed by atoms with Gasteiger partial charge in [0.05, 0.1) is 12.2 Å². The fourth-order valence-electron chi connectivity index (χ4n) is 3.78. The molecule has 1 unspecified atom stereocenters. The van der Waals surface area contributed by atoms with Crippen LogP contribution >= 0.6 is 11.3 Å². The van der Waals surface area contributed by atoms with Crippen LogP contribution in [-0.4, -0.2) is 33.3 Å². The van der Waals surface area contributed by atoms with Crippen molar-refractivity contribution in [2.45, 2.75) is 32.9 Å². The summed E-state index contributed by atoms with van der Waals surface area (Å²) in [5.74, 6) is -0.920. The lowest BCUT2D eigenvalue weighted by molar-refractivity contribution is -0.140. The third-order valence-corrected chi connectivity index (χ3v) is 6.42. The van der Waals surface area contributed by atoms with Crippen molar-refractivity contribution >= 4 is 28.8 Å². The van der Waals surface area contributed by atoms with Gasteiger partial charge in [0.1, 0.15) is 17.6 Å². The van der Waals surface area contributed by atoms with E-state index in [9.17, 15) is 14.7 Å². The normalized spacial score (nSPS) is 17.7. The van der Waals surface area contributed by atoms with Crippen molar-refractivity contribution in [3.8, 4) is 5.75 Å². The van der Waals surface area contributed by atoms with Gasteiger partial charge in [-0.25, -0.2) is 0 Å². The van der Waals surface area contributed by atoms with Gasteiger partial charge in [0.15, 0.2) is 0 Å². The second-order valence-corrected chi connectivity index (χ2v) is 8.58. The van der Waals surface area contributed by atoms with E-state index < -0.39 is 17.7 Å². The molecule has 1 saturated heterocycles. The molecular formula is C25H24N2O4S. The molecule has 0 saturated carbocycles. The molecule has 1 amide bonds. The summed E-state index contributed by atoms with van der Waals surface area (Å²) in [6.07, 6.45) is 4.19. The number of thiophene rings is 1. The number of hydrogen-bond acceptors (Lipinski definition) is 6. The molecule has 1 N–H and O–H groups in total. The van der Waals surface area contributed by atoms with Crippen LogP contribution in [0.2, 0.25) is 0 Å². The molecule has 2 aromatic heterocycles. The maximum Gasteiger partial charge on any atom is 0.295 e. The van der Waals surface area contributed by atoms with Gasteiger partial charge < -0.3 is 14.7 Å². The summed E-state index contributed by atoms with van der Waals surface area (Å²) >= 11 is 1.46. The number of hydrogen-bond donors (Lipinski definition) is 1. The third-order valence-electron chi connectivity index (χ3n) is 5.35. The first kappa shape index (κ1) is 21.8. The number of pyridine rings is 1. The number of aromatic nitrogens is 1. The molecule has 32 heavy (non-hydrogen) atoms. The van der Waals surface area contributed by atoms with Gasteiger partial charge in [0, 0.05) is 29.4 Å². The van der Waals surface area contributed by atoms with Gasteiger partial charge in [-0.05, 0) is 54.1 Å². The molecule has 0 bridgehead atoms. The third kappa shape index (κ3) is 4.16. The van der Waals surface area contributed by atoms with Crippen LogP contribution in [0.4, 0.5) is 0 Å². The highest BCUT2D eigenvalue weighted by molar-refractivity contribution is 7.10. The number of likely N-dealkylation sites (tertiary alicyclic amines) is 1. The van der Waals surface area contributed by atoms with E-state index in [2.05, 4.69) is 4.98 Å². The van der Waals surface area contributed by atoms with Gasteiger partial charge in [-0.15, -0.1) is 11.3 Å². The zero-order valence-corrected chi connectivity index (χ0v) is 18.8. The number of amides is 1. The molecule has 1 aliphatic heterocycles. The number of carbonyl (C=O) groups excluding carboxylic acids is 2. The van der Waals surface area contributed by atoms with Gasteiger partial charge in [-0.3, -0.25) is 14.6 Å². The molecule has 1 aromatic carbocycles. The average molecular weight is 449 g/mol. The predicted molar refractivity (Wildman–Crippen MR) is 123 cm³/mol.